The zero-order valence-corrected chi connectivity index (χ0v) is 4.95. The third-order valence-corrected chi connectivity index (χ3v) is 1.000. The monoisotopic (exact) mass is 94.1 g/mol. The van der Waals surface area contributed by atoms with Crippen molar-refractivity contribution < 1.29 is 1.43 Å². The molecule has 0 heterocycles. The van der Waals surface area contributed by atoms with Crippen LogP contribution in [-0.4, -0.2) is 0 Å². The minimum absolute atomic E-state index is 0. The lowest BCUT2D eigenvalue weighted by atomic mass is 10.0. The number of hydrogen-bond donors (Lipinski definition) is 0. The van der Waals surface area contributed by atoms with Gasteiger partial charge in [-0.1, -0.05) is 25.7 Å². The fourth-order valence-electron chi connectivity index (χ4n) is 0.250. The highest BCUT2D eigenvalue weighted by atomic mass is 31.0. The standard InChI is InChI=1S/C4H8.H3P.H2/c1-2-4-3-1;;/h1-4H2;1H3;1H/i;;1+2. The summed E-state index contributed by atoms with van der Waals surface area (Å²) in [7, 11) is 0. The highest BCUT2D eigenvalue weighted by Gasteiger charge is 1.95. The van der Waals surface area contributed by atoms with Crippen LogP contribution in [0.2, 0.25) is 0 Å². The molecule has 0 aromatic rings. The second-order valence-corrected chi connectivity index (χ2v) is 1.41. The third-order valence-electron chi connectivity index (χ3n) is 1.000. The molecule has 0 radical (unpaired) electrons. The molecule has 5 heavy (non-hydrogen) atoms. The summed E-state index contributed by atoms with van der Waals surface area (Å²) in [6, 6.07) is 0. The molecule has 0 saturated heterocycles. The molecule has 0 N–H and O–H groups in total. The highest BCUT2D eigenvalue weighted by Crippen LogP contribution is 2.15. The molecule has 34 valence electrons. The van der Waals surface area contributed by atoms with Gasteiger partial charge in [-0.25, -0.2) is 0 Å². The van der Waals surface area contributed by atoms with E-state index in [9.17, 15) is 0 Å². The largest absolute Gasteiger partial charge is 0.153 e. The lowest BCUT2D eigenvalue weighted by Gasteiger charge is -2.05. The lowest BCUT2D eigenvalue weighted by Crippen LogP contribution is -1.85. The van der Waals surface area contributed by atoms with E-state index in [2.05, 4.69) is 0 Å². The molecule has 0 aliphatic heterocycles. The second kappa shape index (κ2) is 2.66. The molecule has 0 amide bonds. The first kappa shape index (κ1) is 5.43. The summed E-state index contributed by atoms with van der Waals surface area (Å²) in [5, 5.41) is 0. The molecule has 1 heteroatoms. The minimum atomic E-state index is 0. The smallest absolute Gasteiger partial charge is 0 e. The first-order chi connectivity index (χ1) is 2.00. The summed E-state index contributed by atoms with van der Waals surface area (Å²) in [4.78, 5) is 0. The van der Waals surface area contributed by atoms with Crippen molar-refractivity contribution >= 4 is 9.90 Å². The summed E-state index contributed by atoms with van der Waals surface area (Å²) in [6.45, 7) is 0. The molecule has 0 aromatic carbocycles. The van der Waals surface area contributed by atoms with Crippen molar-refractivity contribution in [1.82, 2.24) is 0 Å². The Labute approximate surface area is 38.1 Å². The quantitative estimate of drug-likeness (QED) is 0.402. The van der Waals surface area contributed by atoms with Gasteiger partial charge in [0.15, 0.2) is 0 Å². The summed E-state index contributed by atoms with van der Waals surface area (Å²) >= 11 is 0. The van der Waals surface area contributed by atoms with E-state index in [1.54, 1.807) is 0 Å². The second-order valence-electron chi connectivity index (χ2n) is 1.41. The zero-order valence-electron chi connectivity index (χ0n) is 3.54. The molecule has 1 aliphatic rings. The Bertz CT molecular complexity index is 15.5. The summed E-state index contributed by atoms with van der Waals surface area (Å²) in [5.74, 6) is 0. The Morgan fingerprint density at radius 1 is 0.800 bits per heavy atom. The van der Waals surface area contributed by atoms with Gasteiger partial charge in [-0.2, -0.15) is 9.90 Å². The lowest BCUT2D eigenvalue weighted by molar-refractivity contribution is 0.504. The van der Waals surface area contributed by atoms with Gasteiger partial charge in [-0.05, 0) is 0 Å². The maximum atomic E-state index is 1.50. The minimum Gasteiger partial charge on any atom is -0.153 e. The van der Waals surface area contributed by atoms with E-state index < -0.39 is 0 Å². The van der Waals surface area contributed by atoms with Crippen molar-refractivity contribution in [2.24, 2.45) is 0 Å². The van der Waals surface area contributed by atoms with Crippen LogP contribution in [-0.2, 0) is 0 Å². The molecule has 1 aliphatic carbocycles. The van der Waals surface area contributed by atoms with Gasteiger partial charge in [0.05, 0.1) is 0 Å². The first-order valence-corrected chi connectivity index (χ1v) is 2.00. The molecule has 1 saturated carbocycles. The van der Waals surface area contributed by atoms with Crippen LogP contribution in [0.4, 0.5) is 0 Å². The van der Waals surface area contributed by atoms with E-state index in [4.69, 9.17) is 0 Å². The maximum absolute atomic E-state index is 1.50. The SMILES string of the molecule is C1CCC1.P.[3HH]. The number of hydrogen-bond acceptors (Lipinski definition) is 0. The predicted molar refractivity (Wildman–Crippen MR) is 31.7 cm³/mol. The Morgan fingerprint density at radius 2 is 1.00 bits per heavy atom. The molecule has 0 aromatic heterocycles. The Kier molecular flexibility index (Phi) is 2.88. The van der Waals surface area contributed by atoms with Crippen molar-refractivity contribution in [3.05, 3.63) is 0 Å². The Hall–Kier alpha value is 0.430. The van der Waals surface area contributed by atoms with Crippen LogP contribution in [0.1, 0.15) is 27.1 Å². The van der Waals surface area contributed by atoms with Crippen molar-refractivity contribution in [3.63, 3.8) is 0 Å². The van der Waals surface area contributed by atoms with Crippen LogP contribution >= 0.6 is 9.90 Å². The van der Waals surface area contributed by atoms with Gasteiger partial charge in [-0.15, -0.1) is 0 Å². The first-order valence-electron chi connectivity index (χ1n) is 2.00. The van der Waals surface area contributed by atoms with Crippen molar-refractivity contribution in [1.29, 1.82) is 0 Å². The molecule has 1 fully saturated rings. The molecule has 0 spiro atoms. The fraction of sp³-hybridized carbons (Fsp3) is 1.00. The van der Waals surface area contributed by atoms with Gasteiger partial charge in [-0.3, -0.25) is 0 Å². The average Bonchev–Trinajstić information content (AvgIpc) is 0.722. The van der Waals surface area contributed by atoms with Gasteiger partial charge in [0.25, 0.3) is 0 Å². The van der Waals surface area contributed by atoms with Gasteiger partial charge in [0, 0.05) is 1.43 Å². The molecular formula is C4H13P. The van der Waals surface area contributed by atoms with E-state index in [1.165, 1.54) is 25.7 Å². The number of rotatable bonds is 0. The van der Waals surface area contributed by atoms with Crippen LogP contribution in [0.5, 0.6) is 0 Å². The maximum Gasteiger partial charge on any atom is 0 e. The van der Waals surface area contributed by atoms with Crippen molar-refractivity contribution in [2.45, 2.75) is 25.7 Å². The van der Waals surface area contributed by atoms with E-state index in [-0.39, 0.29) is 11.3 Å². The molecule has 0 nitrogen and oxygen atoms in total. The normalized spacial score (nSPS) is 19.2. The van der Waals surface area contributed by atoms with E-state index in [0.717, 1.165) is 0 Å². The van der Waals surface area contributed by atoms with E-state index >= 15 is 0 Å². The van der Waals surface area contributed by atoms with Gasteiger partial charge < -0.3 is 0 Å². The molecule has 1 unspecified atom stereocenters. The van der Waals surface area contributed by atoms with Crippen molar-refractivity contribution in [3.8, 4) is 0 Å². The van der Waals surface area contributed by atoms with Crippen LogP contribution in [0.3, 0.4) is 0 Å². The summed E-state index contributed by atoms with van der Waals surface area (Å²) in [5.41, 5.74) is 0. The fourth-order valence-corrected chi connectivity index (χ4v) is 0.250. The third kappa shape index (κ3) is 1.33. The average molecular weight is 94.1 g/mol. The topological polar surface area (TPSA) is 0 Å². The summed E-state index contributed by atoms with van der Waals surface area (Å²) in [6.07, 6.45) is 6.00. The van der Waals surface area contributed by atoms with Gasteiger partial charge in [0.2, 0.25) is 0 Å². The van der Waals surface area contributed by atoms with E-state index in [1.807, 2.05) is 0 Å². The van der Waals surface area contributed by atoms with Crippen LogP contribution in [0.15, 0.2) is 0 Å². The van der Waals surface area contributed by atoms with E-state index in [0.29, 0.717) is 0 Å². The Morgan fingerprint density at radius 3 is 1.00 bits per heavy atom. The van der Waals surface area contributed by atoms with Crippen LogP contribution in [0, 0.1) is 0 Å². The van der Waals surface area contributed by atoms with Crippen LogP contribution in [0.25, 0.3) is 0 Å². The zero-order chi connectivity index (χ0) is 2.83. The predicted octanol–water partition coefficient (Wildman–Crippen LogP) is 1.86. The van der Waals surface area contributed by atoms with Gasteiger partial charge >= 0.3 is 0 Å². The highest BCUT2D eigenvalue weighted by molar-refractivity contribution is 6.92. The molecule has 1 atom stereocenters. The molecule has 0 bridgehead atoms. The summed E-state index contributed by atoms with van der Waals surface area (Å²) < 4.78 is 0. The van der Waals surface area contributed by atoms with Crippen LogP contribution < -0.4 is 0 Å². The van der Waals surface area contributed by atoms with Crippen molar-refractivity contribution in [2.75, 3.05) is 0 Å². The van der Waals surface area contributed by atoms with Gasteiger partial charge in [0.1, 0.15) is 0 Å². The molecule has 1 rings (SSSR count). The Balaban J connectivity index is 0. The molecular weight excluding hydrogens is 79.0 g/mol.